The molecule has 1 fully saturated rings. The van der Waals surface area contributed by atoms with Crippen molar-refractivity contribution in [3.63, 3.8) is 0 Å². The fourth-order valence-corrected chi connectivity index (χ4v) is 3.70. The first-order valence-electron chi connectivity index (χ1n) is 8.02. The average molecular weight is 451 g/mol. The summed E-state index contributed by atoms with van der Waals surface area (Å²) in [5.74, 6) is -0.475. The fraction of sp³-hybridized carbons (Fsp3) is 0.412. The number of carbonyl (C=O) groups is 1. The molecule has 140 valence electrons. The Morgan fingerprint density at radius 2 is 2.08 bits per heavy atom. The molecule has 2 aromatic rings. The molecule has 1 saturated carbocycles. The van der Waals surface area contributed by atoms with E-state index in [0.717, 1.165) is 12.8 Å². The van der Waals surface area contributed by atoms with E-state index >= 15 is 0 Å². The number of anilines is 1. The Morgan fingerprint density at radius 1 is 1.42 bits per heavy atom. The number of hydrogen-bond acceptors (Lipinski definition) is 2. The predicted octanol–water partition coefficient (Wildman–Crippen LogP) is 5.70. The van der Waals surface area contributed by atoms with E-state index in [2.05, 4.69) is 26.3 Å². The van der Waals surface area contributed by atoms with Crippen molar-refractivity contribution >= 4 is 39.1 Å². The Kier molecular flexibility index (Phi) is 5.09. The number of halogens is 5. The van der Waals surface area contributed by atoms with Crippen molar-refractivity contribution in [2.75, 3.05) is 5.32 Å². The minimum absolute atomic E-state index is 0.0175. The predicted molar refractivity (Wildman–Crippen MR) is 96.4 cm³/mol. The molecule has 0 aliphatic heterocycles. The van der Waals surface area contributed by atoms with Gasteiger partial charge in [-0.15, -0.1) is 0 Å². The number of carbonyl (C=O) groups excluding carboxylic acids is 1. The van der Waals surface area contributed by atoms with Gasteiger partial charge in [0.1, 0.15) is 6.04 Å². The summed E-state index contributed by atoms with van der Waals surface area (Å²) in [5, 5.41) is 6.92. The number of hydrogen-bond donors (Lipinski definition) is 1. The molecule has 1 N–H and O–H groups in total. The smallest absolute Gasteiger partial charge is 0.324 e. The van der Waals surface area contributed by atoms with Gasteiger partial charge in [0.05, 0.1) is 10.2 Å². The summed E-state index contributed by atoms with van der Waals surface area (Å²) < 4.78 is 40.7. The van der Waals surface area contributed by atoms with Crippen LogP contribution in [0.25, 0.3) is 0 Å². The van der Waals surface area contributed by atoms with E-state index in [1.165, 1.54) is 11.6 Å². The van der Waals surface area contributed by atoms with Gasteiger partial charge in [0.2, 0.25) is 5.91 Å². The number of benzene rings is 1. The van der Waals surface area contributed by atoms with Crippen LogP contribution in [-0.4, -0.2) is 15.7 Å². The zero-order chi connectivity index (χ0) is 19.2. The summed E-state index contributed by atoms with van der Waals surface area (Å²) >= 11 is 9.07. The Hall–Kier alpha value is -1.54. The first-order valence-corrected chi connectivity index (χ1v) is 9.19. The minimum atomic E-state index is -4.59. The monoisotopic (exact) mass is 449 g/mol. The third-order valence-corrected chi connectivity index (χ3v) is 5.58. The van der Waals surface area contributed by atoms with Crippen LogP contribution in [0.5, 0.6) is 0 Å². The third-order valence-electron chi connectivity index (χ3n) is 4.39. The van der Waals surface area contributed by atoms with Gasteiger partial charge in [-0.2, -0.15) is 18.3 Å². The maximum atomic E-state index is 13.2. The van der Waals surface area contributed by atoms with Crippen LogP contribution in [0.1, 0.15) is 48.7 Å². The first kappa shape index (κ1) is 19.2. The molecule has 1 heterocycles. The van der Waals surface area contributed by atoms with Crippen LogP contribution in [0, 0.1) is 6.92 Å². The normalized spacial score (nSPS) is 15.8. The molecule has 4 nitrogen and oxygen atoms in total. The lowest BCUT2D eigenvalue weighted by Gasteiger charge is -2.17. The van der Waals surface area contributed by atoms with E-state index in [1.54, 1.807) is 25.1 Å². The van der Waals surface area contributed by atoms with Crippen molar-refractivity contribution in [3.05, 3.63) is 44.6 Å². The van der Waals surface area contributed by atoms with Crippen molar-refractivity contribution in [1.82, 2.24) is 9.78 Å². The minimum Gasteiger partial charge on any atom is -0.324 e. The Bertz CT molecular complexity index is 862. The molecular weight excluding hydrogens is 435 g/mol. The standard InChI is InChI=1S/C17H16BrClF3N3O/c1-8-11(19)4-3-5-12(8)23-16(26)9(2)25-14(10-6-7-10)13(18)15(24-25)17(20,21)22/h3-5,9-10H,6-7H2,1-2H3,(H,23,26). The molecule has 0 radical (unpaired) electrons. The highest BCUT2D eigenvalue weighted by Crippen LogP contribution is 2.47. The van der Waals surface area contributed by atoms with Gasteiger partial charge in [0.15, 0.2) is 5.69 Å². The molecular formula is C17H16BrClF3N3O. The third kappa shape index (κ3) is 3.62. The number of nitrogens with zero attached hydrogens (tertiary/aromatic N) is 2. The molecule has 1 unspecified atom stereocenters. The number of rotatable bonds is 4. The second-order valence-electron chi connectivity index (χ2n) is 6.34. The lowest BCUT2D eigenvalue weighted by Crippen LogP contribution is -2.26. The van der Waals surface area contributed by atoms with Gasteiger partial charge in [-0.3, -0.25) is 9.48 Å². The summed E-state index contributed by atoms with van der Waals surface area (Å²) in [4.78, 5) is 12.6. The van der Waals surface area contributed by atoms with Crippen LogP contribution in [0.2, 0.25) is 5.02 Å². The molecule has 1 atom stereocenters. The number of aromatic nitrogens is 2. The topological polar surface area (TPSA) is 46.9 Å². The molecule has 0 saturated heterocycles. The number of amides is 1. The second kappa shape index (κ2) is 6.88. The van der Waals surface area contributed by atoms with Crippen LogP contribution in [0.15, 0.2) is 22.7 Å². The van der Waals surface area contributed by atoms with Crippen LogP contribution in [0.3, 0.4) is 0 Å². The van der Waals surface area contributed by atoms with Gasteiger partial charge in [0.25, 0.3) is 0 Å². The van der Waals surface area contributed by atoms with Crippen LogP contribution in [-0.2, 0) is 11.0 Å². The van der Waals surface area contributed by atoms with Gasteiger partial charge in [-0.1, -0.05) is 17.7 Å². The first-order chi connectivity index (χ1) is 12.1. The summed E-state index contributed by atoms with van der Waals surface area (Å²) in [5.41, 5.74) is 0.625. The number of alkyl halides is 3. The van der Waals surface area contributed by atoms with Gasteiger partial charge in [-0.25, -0.2) is 0 Å². The Labute approximate surface area is 161 Å². The van der Waals surface area contributed by atoms with E-state index in [0.29, 0.717) is 22.0 Å². The molecule has 1 aromatic carbocycles. The van der Waals surface area contributed by atoms with Crippen molar-refractivity contribution in [2.45, 2.75) is 44.8 Å². The largest absolute Gasteiger partial charge is 0.436 e. The Balaban J connectivity index is 1.93. The second-order valence-corrected chi connectivity index (χ2v) is 7.54. The van der Waals surface area contributed by atoms with Gasteiger partial charge >= 0.3 is 6.18 Å². The summed E-state index contributed by atoms with van der Waals surface area (Å²) in [6.45, 7) is 3.28. The van der Waals surface area contributed by atoms with Crippen LogP contribution in [0.4, 0.5) is 18.9 Å². The van der Waals surface area contributed by atoms with Gasteiger partial charge < -0.3 is 5.32 Å². The lowest BCUT2D eigenvalue weighted by atomic mass is 10.2. The zero-order valence-electron chi connectivity index (χ0n) is 14.0. The lowest BCUT2D eigenvalue weighted by molar-refractivity contribution is -0.142. The van der Waals surface area contributed by atoms with Crippen molar-refractivity contribution in [1.29, 1.82) is 0 Å². The molecule has 1 aromatic heterocycles. The van der Waals surface area contributed by atoms with Crippen molar-refractivity contribution < 1.29 is 18.0 Å². The molecule has 1 aliphatic carbocycles. The highest BCUT2D eigenvalue weighted by Gasteiger charge is 2.43. The maximum absolute atomic E-state index is 13.2. The molecule has 1 aliphatic rings. The van der Waals surface area contributed by atoms with E-state index < -0.39 is 23.8 Å². The molecule has 9 heteroatoms. The van der Waals surface area contributed by atoms with Crippen molar-refractivity contribution in [2.24, 2.45) is 0 Å². The summed E-state index contributed by atoms with van der Waals surface area (Å²) in [6, 6.07) is 4.17. The quantitative estimate of drug-likeness (QED) is 0.649. The SMILES string of the molecule is Cc1c(Cl)cccc1NC(=O)C(C)n1nc(C(F)(F)F)c(Br)c1C1CC1. The van der Waals surface area contributed by atoms with Gasteiger partial charge in [-0.05, 0) is 60.3 Å². The fourth-order valence-electron chi connectivity index (χ4n) is 2.72. The zero-order valence-corrected chi connectivity index (χ0v) is 16.3. The van der Waals surface area contributed by atoms with Gasteiger partial charge in [0, 0.05) is 16.6 Å². The van der Waals surface area contributed by atoms with E-state index in [4.69, 9.17) is 11.6 Å². The van der Waals surface area contributed by atoms with Crippen molar-refractivity contribution in [3.8, 4) is 0 Å². The molecule has 0 spiro atoms. The molecule has 26 heavy (non-hydrogen) atoms. The summed E-state index contributed by atoms with van der Waals surface area (Å²) in [7, 11) is 0. The van der Waals surface area contributed by atoms with E-state index in [-0.39, 0.29) is 10.4 Å². The maximum Gasteiger partial charge on any atom is 0.436 e. The van der Waals surface area contributed by atoms with Crippen LogP contribution < -0.4 is 5.32 Å². The average Bonchev–Trinajstić information content (AvgIpc) is 3.32. The summed E-state index contributed by atoms with van der Waals surface area (Å²) in [6.07, 6.45) is -3.03. The molecule has 3 rings (SSSR count). The van der Waals surface area contributed by atoms with E-state index in [9.17, 15) is 18.0 Å². The molecule has 0 bridgehead atoms. The Morgan fingerprint density at radius 3 is 2.65 bits per heavy atom. The van der Waals surface area contributed by atoms with Crippen LogP contribution >= 0.6 is 27.5 Å². The molecule has 1 amide bonds. The van der Waals surface area contributed by atoms with E-state index in [1.807, 2.05) is 0 Å². The highest BCUT2D eigenvalue weighted by atomic mass is 79.9. The number of nitrogens with one attached hydrogen (secondary N) is 1. The highest BCUT2D eigenvalue weighted by molar-refractivity contribution is 9.10.